The normalized spacial score (nSPS) is 36.1. The molecule has 4 rings (SSSR count). The van der Waals surface area contributed by atoms with Gasteiger partial charge in [0.15, 0.2) is 0 Å². The summed E-state index contributed by atoms with van der Waals surface area (Å²) in [7, 11) is -3.59. The molecule has 0 spiro atoms. The quantitative estimate of drug-likeness (QED) is 0.695. The molecule has 4 aliphatic rings. The molecule has 3 unspecified atom stereocenters. The molecule has 2 bridgehead atoms. The molecule has 0 aromatic heterocycles. The van der Waals surface area contributed by atoms with E-state index in [2.05, 4.69) is 13.8 Å². The van der Waals surface area contributed by atoms with Gasteiger partial charge in [-0.05, 0) is 37.0 Å². The van der Waals surface area contributed by atoms with Crippen LogP contribution in [0.3, 0.4) is 0 Å². The lowest BCUT2D eigenvalue weighted by atomic mass is 9.70. The van der Waals surface area contributed by atoms with Gasteiger partial charge in [-0.25, -0.2) is 12.7 Å². The Morgan fingerprint density at radius 1 is 1.18 bits per heavy atom. The Morgan fingerprint density at radius 3 is 2.50 bits per heavy atom. The lowest BCUT2D eigenvalue weighted by molar-refractivity contribution is -0.140. The standard InChI is InChI=1S/C20H32N2O5S/c1-19(2)16-5-6-20(19,17(23)12-16)14-28(25,26)22-7-3-4-15(13-22)18(24)21-8-10-27-11-9-21/h15-16H,3-14H2,1-2H3. The van der Waals surface area contributed by atoms with Crippen LogP contribution in [-0.4, -0.2) is 74.5 Å². The maximum Gasteiger partial charge on any atom is 0.227 e. The van der Waals surface area contributed by atoms with Crippen molar-refractivity contribution >= 4 is 21.7 Å². The first kappa shape index (κ1) is 20.3. The van der Waals surface area contributed by atoms with Crippen LogP contribution in [0.1, 0.15) is 46.0 Å². The Bertz CT molecular complexity index is 759. The fraction of sp³-hybridized carbons (Fsp3) is 0.900. The third-order valence-corrected chi connectivity index (χ3v) is 9.99. The second kappa shape index (κ2) is 7.06. The minimum Gasteiger partial charge on any atom is -0.378 e. The summed E-state index contributed by atoms with van der Waals surface area (Å²) in [6.45, 7) is 7.06. The van der Waals surface area contributed by atoms with E-state index in [0.29, 0.717) is 58.0 Å². The Labute approximate surface area is 167 Å². The predicted octanol–water partition coefficient (Wildman–Crippen LogP) is 1.28. The number of ether oxygens (including phenoxy) is 1. The molecule has 0 aromatic carbocycles. The topological polar surface area (TPSA) is 84.0 Å². The van der Waals surface area contributed by atoms with Crippen molar-refractivity contribution < 1.29 is 22.7 Å². The highest BCUT2D eigenvalue weighted by molar-refractivity contribution is 7.89. The highest BCUT2D eigenvalue weighted by Crippen LogP contribution is 2.64. The van der Waals surface area contributed by atoms with Crippen LogP contribution in [0.5, 0.6) is 0 Å². The SMILES string of the molecule is CC1(C)C2CCC1(CS(=O)(=O)N1CCCC(C(=O)N3CCOCC3)C1)C(=O)C2. The largest absolute Gasteiger partial charge is 0.378 e. The molecule has 8 heteroatoms. The van der Waals surface area contributed by atoms with Crippen molar-refractivity contribution in [3.63, 3.8) is 0 Å². The molecule has 2 saturated carbocycles. The Morgan fingerprint density at radius 2 is 1.89 bits per heavy atom. The first-order chi connectivity index (χ1) is 13.2. The molecule has 158 valence electrons. The Balaban J connectivity index is 1.48. The second-order valence-corrected chi connectivity index (χ2v) is 11.5. The molecule has 0 radical (unpaired) electrons. The average molecular weight is 413 g/mol. The van der Waals surface area contributed by atoms with E-state index in [1.165, 1.54) is 4.31 Å². The number of ketones is 1. The van der Waals surface area contributed by atoms with Crippen LogP contribution in [0.15, 0.2) is 0 Å². The highest BCUT2D eigenvalue weighted by Gasteiger charge is 2.65. The van der Waals surface area contributed by atoms with Gasteiger partial charge >= 0.3 is 0 Å². The van der Waals surface area contributed by atoms with Gasteiger partial charge < -0.3 is 9.64 Å². The number of rotatable bonds is 4. The molecule has 1 amide bonds. The molecule has 7 nitrogen and oxygen atoms in total. The van der Waals surface area contributed by atoms with Gasteiger partial charge in [-0.15, -0.1) is 0 Å². The zero-order chi connectivity index (χ0) is 20.2. The van der Waals surface area contributed by atoms with Crippen molar-refractivity contribution in [2.24, 2.45) is 22.7 Å². The van der Waals surface area contributed by atoms with E-state index in [1.807, 2.05) is 0 Å². The number of fused-ring (bicyclic) bond motifs is 2. The maximum absolute atomic E-state index is 13.3. The van der Waals surface area contributed by atoms with Crippen molar-refractivity contribution in [2.75, 3.05) is 45.1 Å². The molecule has 2 aliphatic heterocycles. The number of hydrogen-bond acceptors (Lipinski definition) is 5. The van der Waals surface area contributed by atoms with Crippen molar-refractivity contribution in [3.05, 3.63) is 0 Å². The van der Waals surface area contributed by atoms with Crippen LogP contribution in [0.25, 0.3) is 0 Å². The fourth-order valence-corrected chi connectivity index (χ4v) is 8.25. The summed E-state index contributed by atoms with van der Waals surface area (Å²) in [6, 6.07) is 0. The van der Waals surface area contributed by atoms with Crippen LogP contribution in [0.2, 0.25) is 0 Å². The van der Waals surface area contributed by atoms with E-state index in [-0.39, 0.29) is 35.3 Å². The minimum atomic E-state index is -3.59. The lowest BCUT2D eigenvalue weighted by Crippen LogP contribution is -2.52. The number of amides is 1. The predicted molar refractivity (Wildman–Crippen MR) is 104 cm³/mol. The van der Waals surface area contributed by atoms with Gasteiger partial charge in [0.25, 0.3) is 0 Å². The first-order valence-electron chi connectivity index (χ1n) is 10.5. The monoisotopic (exact) mass is 412 g/mol. The average Bonchev–Trinajstić information content (AvgIpc) is 3.02. The van der Waals surface area contributed by atoms with E-state index in [9.17, 15) is 18.0 Å². The first-order valence-corrected chi connectivity index (χ1v) is 12.2. The van der Waals surface area contributed by atoms with Crippen molar-refractivity contribution in [3.8, 4) is 0 Å². The Hall–Kier alpha value is -0.990. The third kappa shape index (κ3) is 3.12. The van der Waals surface area contributed by atoms with Crippen LogP contribution in [0, 0.1) is 22.7 Å². The molecule has 2 saturated heterocycles. The van der Waals surface area contributed by atoms with E-state index in [4.69, 9.17) is 4.74 Å². The van der Waals surface area contributed by atoms with Gasteiger partial charge in [-0.3, -0.25) is 9.59 Å². The van der Waals surface area contributed by atoms with E-state index in [0.717, 1.165) is 12.8 Å². The van der Waals surface area contributed by atoms with Gasteiger partial charge in [0.05, 0.1) is 24.9 Å². The van der Waals surface area contributed by atoms with E-state index < -0.39 is 15.4 Å². The van der Waals surface area contributed by atoms with Gasteiger partial charge in [-0.1, -0.05) is 13.8 Å². The summed E-state index contributed by atoms with van der Waals surface area (Å²) in [5.74, 6) is 0.0747. The van der Waals surface area contributed by atoms with Crippen LogP contribution in [0.4, 0.5) is 0 Å². The van der Waals surface area contributed by atoms with Crippen molar-refractivity contribution in [1.29, 1.82) is 0 Å². The molecule has 0 N–H and O–H groups in total. The Kier molecular flexibility index (Phi) is 5.11. The lowest BCUT2D eigenvalue weighted by Gasteiger charge is -2.40. The molecule has 4 fully saturated rings. The molecule has 0 aromatic rings. The van der Waals surface area contributed by atoms with E-state index in [1.54, 1.807) is 4.90 Å². The number of sulfonamides is 1. The molecule has 2 aliphatic carbocycles. The summed E-state index contributed by atoms with van der Waals surface area (Å²) < 4.78 is 33.5. The number of morpholine rings is 1. The number of hydrogen-bond donors (Lipinski definition) is 0. The molecular formula is C20H32N2O5S. The highest BCUT2D eigenvalue weighted by atomic mass is 32.2. The van der Waals surface area contributed by atoms with Gasteiger partial charge in [0.2, 0.25) is 15.9 Å². The van der Waals surface area contributed by atoms with Gasteiger partial charge in [-0.2, -0.15) is 0 Å². The number of piperidine rings is 1. The maximum atomic E-state index is 13.3. The second-order valence-electron chi connectivity index (χ2n) is 9.56. The number of Topliss-reactive ketones (excluding diaryl/α,β-unsaturated/α-hetero) is 1. The van der Waals surface area contributed by atoms with Crippen LogP contribution < -0.4 is 0 Å². The number of nitrogens with zero attached hydrogens (tertiary/aromatic N) is 2. The van der Waals surface area contributed by atoms with Crippen LogP contribution >= 0.6 is 0 Å². The van der Waals surface area contributed by atoms with Crippen molar-refractivity contribution in [1.82, 2.24) is 9.21 Å². The summed E-state index contributed by atoms with van der Waals surface area (Å²) in [4.78, 5) is 27.4. The number of carbonyl (C=O) groups is 2. The van der Waals surface area contributed by atoms with Gasteiger partial charge in [0, 0.05) is 38.0 Å². The number of carbonyl (C=O) groups excluding carboxylic acids is 2. The zero-order valence-electron chi connectivity index (χ0n) is 17.0. The van der Waals surface area contributed by atoms with Crippen molar-refractivity contribution in [2.45, 2.75) is 46.0 Å². The fourth-order valence-electron chi connectivity index (χ4n) is 5.95. The molecular weight excluding hydrogens is 380 g/mol. The summed E-state index contributed by atoms with van der Waals surface area (Å²) in [5.41, 5.74) is -1.02. The van der Waals surface area contributed by atoms with E-state index >= 15 is 0 Å². The van der Waals surface area contributed by atoms with Gasteiger partial charge in [0.1, 0.15) is 5.78 Å². The molecule has 2 heterocycles. The summed E-state index contributed by atoms with van der Waals surface area (Å²) in [5, 5.41) is 0. The zero-order valence-corrected chi connectivity index (χ0v) is 17.8. The third-order valence-electron chi connectivity index (χ3n) is 8.02. The minimum absolute atomic E-state index is 0.0413. The van der Waals surface area contributed by atoms with Crippen LogP contribution in [-0.2, 0) is 24.3 Å². The summed E-state index contributed by atoms with van der Waals surface area (Å²) >= 11 is 0. The smallest absolute Gasteiger partial charge is 0.227 e. The molecule has 28 heavy (non-hydrogen) atoms. The summed E-state index contributed by atoms with van der Waals surface area (Å²) in [6.07, 6.45) is 3.53. The molecule has 3 atom stereocenters.